The predicted octanol–water partition coefficient (Wildman–Crippen LogP) is 7.34. The third-order valence-electron chi connectivity index (χ3n) is 9.33. The van der Waals surface area contributed by atoms with Gasteiger partial charge < -0.3 is 19.7 Å². The van der Waals surface area contributed by atoms with Crippen LogP contribution in [0.5, 0.6) is 11.5 Å². The van der Waals surface area contributed by atoms with E-state index in [4.69, 9.17) is 32.7 Å². The Morgan fingerprint density at radius 1 is 1.00 bits per heavy atom. The van der Waals surface area contributed by atoms with Crippen molar-refractivity contribution < 1.29 is 18.7 Å². The number of nitrogens with one attached hydrogen (secondary N) is 1. The third-order valence-corrected chi connectivity index (χ3v) is 9.89. The molecule has 0 bridgehead atoms. The molecule has 1 saturated heterocycles. The molecule has 222 valence electrons. The highest BCUT2D eigenvalue weighted by Gasteiger charge is 2.51. The van der Waals surface area contributed by atoms with Gasteiger partial charge in [-0.3, -0.25) is 4.79 Å². The SMILES string of the molecule is Cc1cccc(CN(C(=O)[C@H]2[C@H]3CNC[C@H]3C[C@@H]2c2ccc(OCCOc3c(Cl)cc(F)cc3Cl)cc2)C2CC2)c1C. The number of aryl methyl sites for hydroxylation is 1. The van der Waals surface area contributed by atoms with Crippen LogP contribution in [0.1, 0.15) is 47.4 Å². The first-order valence-electron chi connectivity index (χ1n) is 14.9. The van der Waals surface area contributed by atoms with Crippen LogP contribution in [0, 0.1) is 37.4 Å². The first-order chi connectivity index (χ1) is 20.3. The second-order valence-electron chi connectivity index (χ2n) is 12.0. The summed E-state index contributed by atoms with van der Waals surface area (Å²) in [4.78, 5) is 16.6. The summed E-state index contributed by atoms with van der Waals surface area (Å²) in [6.07, 6.45) is 3.20. The van der Waals surface area contributed by atoms with Gasteiger partial charge >= 0.3 is 0 Å². The zero-order valence-electron chi connectivity index (χ0n) is 24.0. The lowest BCUT2D eigenvalue weighted by atomic mass is 9.83. The van der Waals surface area contributed by atoms with Crippen molar-refractivity contribution in [3.8, 4) is 11.5 Å². The van der Waals surface area contributed by atoms with Crippen molar-refractivity contribution in [2.75, 3.05) is 26.3 Å². The number of benzene rings is 3. The predicted molar refractivity (Wildman–Crippen MR) is 164 cm³/mol. The lowest BCUT2D eigenvalue weighted by Crippen LogP contribution is -2.41. The lowest BCUT2D eigenvalue weighted by molar-refractivity contribution is -0.138. The molecule has 8 heteroatoms. The van der Waals surface area contributed by atoms with Crippen molar-refractivity contribution in [2.24, 2.45) is 17.8 Å². The van der Waals surface area contributed by atoms with Gasteiger partial charge in [-0.1, -0.05) is 53.5 Å². The summed E-state index contributed by atoms with van der Waals surface area (Å²) in [6.45, 7) is 7.36. The van der Waals surface area contributed by atoms with E-state index in [2.05, 4.69) is 54.4 Å². The van der Waals surface area contributed by atoms with Gasteiger partial charge in [0, 0.05) is 18.5 Å². The zero-order valence-corrected chi connectivity index (χ0v) is 25.6. The minimum atomic E-state index is -0.513. The number of fused-ring (bicyclic) bond motifs is 1. The highest BCUT2D eigenvalue weighted by atomic mass is 35.5. The van der Waals surface area contributed by atoms with E-state index in [1.165, 1.54) is 34.4 Å². The number of halogens is 3. The van der Waals surface area contributed by atoms with Gasteiger partial charge in [-0.15, -0.1) is 0 Å². The van der Waals surface area contributed by atoms with Crippen LogP contribution in [-0.4, -0.2) is 43.2 Å². The largest absolute Gasteiger partial charge is 0.490 e. The van der Waals surface area contributed by atoms with E-state index >= 15 is 0 Å². The molecular formula is C34H37Cl2FN2O3. The number of ether oxygens (including phenoxy) is 2. The van der Waals surface area contributed by atoms with Crippen molar-refractivity contribution in [1.29, 1.82) is 0 Å². The standard InChI is InChI=1S/C34H37Cl2FN2O3/c1-20-4-3-5-23(21(20)2)19-39(26-8-9-26)34(40)32-28(14-24-17-38-18-29(24)32)22-6-10-27(11-7-22)41-12-13-42-33-30(35)15-25(37)16-31(33)36/h3-7,10-11,15-16,24,26,28-29,32,38H,8-9,12-14,17-19H2,1-2H3/t24-,28-,29+,32-/m1/s1. The van der Waals surface area contributed by atoms with Crippen molar-refractivity contribution in [2.45, 2.75) is 51.6 Å². The fourth-order valence-electron chi connectivity index (χ4n) is 6.81. The van der Waals surface area contributed by atoms with Crippen LogP contribution in [-0.2, 0) is 11.3 Å². The Morgan fingerprint density at radius 3 is 2.43 bits per heavy atom. The minimum Gasteiger partial charge on any atom is -0.490 e. The van der Waals surface area contributed by atoms with Crippen LogP contribution in [0.4, 0.5) is 4.39 Å². The number of carbonyl (C=O) groups is 1. The molecule has 3 aromatic carbocycles. The molecule has 5 nitrogen and oxygen atoms in total. The number of nitrogens with zero attached hydrogens (tertiary/aromatic N) is 1. The summed E-state index contributed by atoms with van der Waals surface area (Å²) in [5, 5.41) is 3.80. The second-order valence-corrected chi connectivity index (χ2v) is 12.8. The Labute approximate surface area is 257 Å². The van der Waals surface area contributed by atoms with Crippen LogP contribution in [0.15, 0.2) is 54.6 Å². The molecule has 1 heterocycles. The van der Waals surface area contributed by atoms with E-state index in [-0.39, 0.29) is 40.8 Å². The van der Waals surface area contributed by atoms with Gasteiger partial charge in [0.05, 0.1) is 10.0 Å². The van der Waals surface area contributed by atoms with Gasteiger partial charge in [0.2, 0.25) is 5.91 Å². The van der Waals surface area contributed by atoms with Gasteiger partial charge in [0.1, 0.15) is 24.8 Å². The van der Waals surface area contributed by atoms with Crippen molar-refractivity contribution in [3.63, 3.8) is 0 Å². The summed E-state index contributed by atoms with van der Waals surface area (Å²) in [7, 11) is 0. The lowest BCUT2D eigenvalue weighted by Gasteiger charge is -2.32. The van der Waals surface area contributed by atoms with Gasteiger partial charge in [-0.05, 0) is 110 Å². The van der Waals surface area contributed by atoms with E-state index in [1.807, 2.05) is 12.1 Å². The Bertz CT molecular complexity index is 1420. The molecule has 1 N–H and O–H groups in total. The van der Waals surface area contributed by atoms with Crippen LogP contribution in [0.25, 0.3) is 0 Å². The highest BCUT2D eigenvalue weighted by Crippen LogP contribution is 2.50. The summed E-state index contributed by atoms with van der Waals surface area (Å²) in [6, 6.07) is 17.2. The van der Waals surface area contributed by atoms with Gasteiger partial charge in [-0.2, -0.15) is 0 Å². The minimum absolute atomic E-state index is 0.0268. The Kier molecular flexibility index (Phi) is 8.67. The topological polar surface area (TPSA) is 50.8 Å². The quantitative estimate of drug-likeness (QED) is 0.244. The number of hydrogen-bond acceptors (Lipinski definition) is 4. The average Bonchev–Trinajstić information content (AvgIpc) is 3.59. The van der Waals surface area contributed by atoms with Crippen molar-refractivity contribution in [1.82, 2.24) is 10.2 Å². The summed E-state index contributed by atoms with van der Waals surface area (Å²) < 4.78 is 24.9. The van der Waals surface area contributed by atoms with Crippen LogP contribution in [0.3, 0.4) is 0 Å². The maximum absolute atomic E-state index is 14.4. The Balaban J connectivity index is 1.13. The zero-order chi connectivity index (χ0) is 29.4. The summed E-state index contributed by atoms with van der Waals surface area (Å²) in [5.41, 5.74) is 5.00. The third kappa shape index (κ3) is 6.13. The maximum Gasteiger partial charge on any atom is 0.227 e. The Morgan fingerprint density at radius 2 is 1.71 bits per heavy atom. The molecule has 3 fully saturated rings. The summed E-state index contributed by atoms with van der Waals surface area (Å²) in [5.74, 6) is 1.81. The average molecular weight is 612 g/mol. The van der Waals surface area contributed by atoms with Crippen molar-refractivity contribution in [3.05, 3.63) is 92.7 Å². The van der Waals surface area contributed by atoms with Crippen LogP contribution < -0.4 is 14.8 Å². The maximum atomic E-state index is 14.4. The van der Waals surface area contributed by atoms with E-state index in [0.29, 0.717) is 30.3 Å². The molecule has 0 aromatic heterocycles. The molecule has 1 aliphatic heterocycles. The molecule has 42 heavy (non-hydrogen) atoms. The van der Waals surface area contributed by atoms with Crippen molar-refractivity contribution >= 4 is 29.1 Å². The van der Waals surface area contributed by atoms with Gasteiger partial charge in [-0.25, -0.2) is 4.39 Å². The molecule has 1 amide bonds. The van der Waals surface area contributed by atoms with Gasteiger partial charge in [0.15, 0.2) is 5.75 Å². The highest BCUT2D eigenvalue weighted by molar-refractivity contribution is 6.37. The van der Waals surface area contributed by atoms with Gasteiger partial charge in [0.25, 0.3) is 0 Å². The summed E-state index contributed by atoms with van der Waals surface area (Å²) >= 11 is 12.1. The molecule has 4 atom stereocenters. The normalized spacial score (nSPS) is 23.1. The van der Waals surface area contributed by atoms with Crippen LogP contribution >= 0.6 is 23.2 Å². The first-order valence-corrected chi connectivity index (χ1v) is 15.6. The molecule has 6 rings (SSSR count). The van der Waals surface area contributed by atoms with E-state index in [1.54, 1.807) is 0 Å². The smallest absolute Gasteiger partial charge is 0.227 e. The number of hydrogen-bond donors (Lipinski definition) is 1. The molecule has 2 aliphatic carbocycles. The Hall–Kier alpha value is -2.80. The number of rotatable bonds is 10. The fourth-order valence-corrected chi connectivity index (χ4v) is 7.38. The molecule has 0 radical (unpaired) electrons. The number of carbonyl (C=O) groups excluding carboxylic acids is 1. The molecule has 0 unspecified atom stereocenters. The molecule has 3 aromatic rings. The van der Waals surface area contributed by atoms with Crippen LogP contribution in [0.2, 0.25) is 10.0 Å². The first kappa shape index (κ1) is 29.3. The molecular weight excluding hydrogens is 574 g/mol. The number of amides is 1. The second kappa shape index (κ2) is 12.4. The monoisotopic (exact) mass is 610 g/mol. The fraction of sp³-hybridized carbons (Fsp3) is 0.441. The molecule has 0 spiro atoms. The van der Waals surface area contributed by atoms with E-state index < -0.39 is 5.82 Å². The molecule has 2 saturated carbocycles. The van der Waals surface area contributed by atoms with E-state index in [9.17, 15) is 9.18 Å². The van der Waals surface area contributed by atoms with E-state index in [0.717, 1.165) is 38.1 Å². The molecule has 3 aliphatic rings.